The first-order valence-corrected chi connectivity index (χ1v) is 6.71. The molecular formula is C14H31NO. The largest absolute Gasteiger partial charge is 0.375 e. The number of nitrogens with two attached hydrogens (primary N) is 1. The molecule has 0 fully saturated rings. The molecule has 0 radical (unpaired) electrons. The van der Waals surface area contributed by atoms with Gasteiger partial charge in [-0.05, 0) is 38.5 Å². The highest BCUT2D eigenvalue weighted by Crippen LogP contribution is 2.22. The zero-order valence-corrected chi connectivity index (χ0v) is 12.0. The topological polar surface area (TPSA) is 35.2 Å². The van der Waals surface area contributed by atoms with Crippen molar-refractivity contribution in [3.05, 3.63) is 0 Å². The van der Waals surface area contributed by atoms with Crippen molar-refractivity contribution in [3.63, 3.8) is 0 Å². The Morgan fingerprint density at radius 3 is 2.06 bits per heavy atom. The number of hydrogen-bond donors (Lipinski definition) is 1. The molecule has 0 rings (SSSR count). The van der Waals surface area contributed by atoms with Gasteiger partial charge in [0.05, 0.1) is 12.2 Å². The van der Waals surface area contributed by atoms with Crippen molar-refractivity contribution in [2.24, 2.45) is 17.6 Å². The molecule has 16 heavy (non-hydrogen) atoms. The molecule has 98 valence electrons. The molecule has 0 aromatic rings. The Morgan fingerprint density at radius 1 is 1.12 bits per heavy atom. The van der Waals surface area contributed by atoms with E-state index in [0.29, 0.717) is 11.8 Å². The summed E-state index contributed by atoms with van der Waals surface area (Å²) < 4.78 is 6.04. The van der Waals surface area contributed by atoms with Gasteiger partial charge in [-0.15, -0.1) is 0 Å². The van der Waals surface area contributed by atoms with Crippen molar-refractivity contribution in [3.8, 4) is 0 Å². The van der Waals surface area contributed by atoms with Crippen LogP contribution in [0.5, 0.6) is 0 Å². The third kappa shape index (κ3) is 6.49. The van der Waals surface area contributed by atoms with E-state index >= 15 is 0 Å². The van der Waals surface area contributed by atoms with E-state index in [1.165, 1.54) is 6.42 Å². The maximum atomic E-state index is 6.04. The van der Waals surface area contributed by atoms with E-state index in [4.69, 9.17) is 10.5 Å². The molecule has 0 aliphatic carbocycles. The molecule has 0 spiro atoms. The first-order valence-electron chi connectivity index (χ1n) is 6.71. The van der Waals surface area contributed by atoms with Crippen LogP contribution in [0.15, 0.2) is 0 Å². The summed E-state index contributed by atoms with van der Waals surface area (Å²) in [6.07, 6.45) is 3.15. The summed E-state index contributed by atoms with van der Waals surface area (Å²) in [4.78, 5) is 0. The van der Waals surface area contributed by atoms with Crippen molar-refractivity contribution >= 4 is 0 Å². The van der Waals surface area contributed by atoms with Gasteiger partial charge in [0, 0.05) is 6.04 Å². The van der Waals surface area contributed by atoms with E-state index in [9.17, 15) is 0 Å². The van der Waals surface area contributed by atoms with E-state index in [0.717, 1.165) is 19.4 Å². The minimum Gasteiger partial charge on any atom is -0.375 e. The monoisotopic (exact) mass is 229 g/mol. The summed E-state index contributed by atoms with van der Waals surface area (Å²) in [6.45, 7) is 14.1. The predicted octanol–water partition coefficient (Wildman–Crippen LogP) is 3.59. The van der Waals surface area contributed by atoms with Crippen molar-refractivity contribution in [2.45, 2.75) is 72.4 Å². The Hall–Kier alpha value is -0.0800. The van der Waals surface area contributed by atoms with Gasteiger partial charge in [-0.1, -0.05) is 34.1 Å². The molecular weight excluding hydrogens is 198 g/mol. The quantitative estimate of drug-likeness (QED) is 0.690. The van der Waals surface area contributed by atoms with E-state index in [1.54, 1.807) is 0 Å². The van der Waals surface area contributed by atoms with Crippen LogP contribution in [0, 0.1) is 11.8 Å². The molecule has 0 aliphatic rings. The lowest BCUT2D eigenvalue weighted by molar-refractivity contribution is -0.0512. The molecule has 0 heterocycles. The summed E-state index contributed by atoms with van der Waals surface area (Å²) in [7, 11) is 0. The van der Waals surface area contributed by atoms with Crippen LogP contribution in [0.3, 0.4) is 0 Å². The van der Waals surface area contributed by atoms with E-state index in [1.807, 2.05) is 0 Å². The lowest BCUT2D eigenvalue weighted by atomic mass is 9.93. The highest BCUT2D eigenvalue weighted by molar-refractivity contribution is 4.76. The third-order valence-electron chi connectivity index (χ3n) is 3.43. The Kier molecular flexibility index (Phi) is 7.25. The van der Waals surface area contributed by atoms with Crippen LogP contribution in [-0.4, -0.2) is 18.2 Å². The molecule has 2 heteroatoms. The van der Waals surface area contributed by atoms with Crippen molar-refractivity contribution in [1.82, 2.24) is 0 Å². The van der Waals surface area contributed by atoms with Gasteiger partial charge >= 0.3 is 0 Å². The Labute approximate surface area is 102 Å². The van der Waals surface area contributed by atoms with Gasteiger partial charge < -0.3 is 10.5 Å². The summed E-state index contributed by atoms with van der Waals surface area (Å²) in [5.74, 6) is 1.36. The average Bonchev–Trinajstić information content (AvgIpc) is 2.17. The second kappa shape index (κ2) is 7.29. The minimum atomic E-state index is -0.0856. The molecule has 0 saturated heterocycles. The lowest BCUT2D eigenvalue weighted by Gasteiger charge is -2.31. The first-order chi connectivity index (χ1) is 7.32. The Balaban J connectivity index is 4.05. The van der Waals surface area contributed by atoms with Crippen molar-refractivity contribution in [2.75, 3.05) is 6.61 Å². The van der Waals surface area contributed by atoms with E-state index < -0.39 is 0 Å². The fourth-order valence-corrected chi connectivity index (χ4v) is 1.95. The number of rotatable bonds is 8. The second-order valence-electron chi connectivity index (χ2n) is 5.86. The van der Waals surface area contributed by atoms with Gasteiger partial charge in [0.15, 0.2) is 0 Å². The molecule has 0 aromatic heterocycles. The van der Waals surface area contributed by atoms with Crippen LogP contribution in [0.1, 0.15) is 60.8 Å². The zero-order chi connectivity index (χ0) is 12.8. The molecule has 0 aliphatic heterocycles. The lowest BCUT2D eigenvalue weighted by Crippen LogP contribution is -2.35. The summed E-state index contributed by atoms with van der Waals surface area (Å²) in [5.41, 5.74) is 5.89. The van der Waals surface area contributed by atoms with Gasteiger partial charge in [-0.3, -0.25) is 0 Å². The molecule has 0 bridgehead atoms. The SMILES string of the molecule is CCC(N)CC(C)(C)OCC(CC)C(C)C. The molecule has 0 amide bonds. The van der Waals surface area contributed by atoms with Gasteiger partial charge in [0.1, 0.15) is 0 Å². The number of hydrogen-bond acceptors (Lipinski definition) is 2. The fraction of sp³-hybridized carbons (Fsp3) is 1.00. The summed E-state index contributed by atoms with van der Waals surface area (Å²) >= 11 is 0. The van der Waals surface area contributed by atoms with Crippen LogP contribution in [-0.2, 0) is 4.74 Å². The van der Waals surface area contributed by atoms with E-state index in [2.05, 4.69) is 41.5 Å². The van der Waals surface area contributed by atoms with Crippen LogP contribution in [0.4, 0.5) is 0 Å². The minimum absolute atomic E-state index is 0.0856. The highest BCUT2D eigenvalue weighted by atomic mass is 16.5. The fourth-order valence-electron chi connectivity index (χ4n) is 1.95. The van der Waals surface area contributed by atoms with Gasteiger partial charge in [0.2, 0.25) is 0 Å². The standard InChI is InChI=1S/C14H31NO/c1-7-12(11(3)4)10-16-14(5,6)9-13(15)8-2/h11-13H,7-10,15H2,1-6H3. The van der Waals surface area contributed by atoms with Crippen molar-refractivity contribution in [1.29, 1.82) is 0 Å². The molecule has 0 aromatic carbocycles. The second-order valence-corrected chi connectivity index (χ2v) is 5.86. The zero-order valence-electron chi connectivity index (χ0n) is 12.0. The molecule has 2 unspecified atom stereocenters. The molecule has 2 nitrogen and oxygen atoms in total. The number of ether oxygens (including phenoxy) is 1. The first kappa shape index (κ1) is 15.9. The Morgan fingerprint density at radius 2 is 1.69 bits per heavy atom. The highest BCUT2D eigenvalue weighted by Gasteiger charge is 2.23. The smallest absolute Gasteiger partial charge is 0.0641 e. The van der Waals surface area contributed by atoms with Crippen LogP contribution in [0.2, 0.25) is 0 Å². The van der Waals surface area contributed by atoms with E-state index in [-0.39, 0.29) is 11.6 Å². The van der Waals surface area contributed by atoms with Crippen LogP contribution in [0.25, 0.3) is 0 Å². The van der Waals surface area contributed by atoms with Gasteiger partial charge in [-0.2, -0.15) is 0 Å². The average molecular weight is 229 g/mol. The normalized spacial score (nSPS) is 16.5. The maximum Gasteiger partial charge on any atom is 0.0641 e. The van der Waals surface area contributed by atoms with Crippen molar-refractivity contribution < 1.29 is 4.74 Å². The molecule has 2 N–H and O–H groups in total. The van der Waals surface area contributed by atoms with Gasteiger partial charge in [0.25, 0.3) is 0 Å². The third-order valence-corrected chi connectivity index (χ3v) is 3.43. The molecule has 2 atom stereocenters. The van der Waals surface area contributed by atoms with Gasteiger partial charge in [-0.25, -0.2) is 0 Å². The molecule has 0 saturated carbocycles. The van der Waals surface area contributed by atoms with Crippen LogP contribution < -0.4 is 5.73 Å². The Bertz CT molecular complexity index is 178. The summed E-state index contributed by atoms with van der Waals surface area (Å²) in [5, 5.41) is 0. The maximum absolute atomic E-state index is 6.04. The van der Waals surface area contributed by atoms with Crippen LogP contribution >= 0.6 is 0 Å². The predicted molar refractivity (Wildman–Crippen MR) is 71.5 cm³/mol. The summed E-state index contributed by atoms with van der Waals surface area (Å²) in [6, 6.07) is 0.258.